The van der Waals surface area contributed by atoms with Crippen LogP contribution in [0.1, 0.15) is 57.7 Å². The fraction of sp³-hybridized carbons (Fsp3) is 0.684. The molecule has 25 heavy (non-hydrogen) atoms. The van der Waals surface area contributed by atoms with Gasteiger partial charge < -0.3 is 14.9 Å². The number of aromatic nitrogens is 1. The zero-order valence-corrected chi connectivity index (χ0v) is 16.1. The molecule has 2 aliphatic rings. The number of nitrogens with zero attached hydrogens (tertiary/aromatic N) is 1. The van der Waals surface area contributed by atoms with E-state index in [2.05, 4.69) is 6.92 Å². The Morgan fingerprint density at radius 3 is 2.84 bits per heavy atom. The number of aliphatic hydroxyl groups excluding tert-OH is 1. The van der Waals surface area contributed by atoms with Gasteiger partial charge in [0.05, 0.1) is 10.7 Å². The van der Waals surface area contributed by atoms with Crippen molar-refractivity contribution in [1.82, 2.24) is 4.98 Å². The minimum atomic E-state index is -1.41. The van der Waals surface area contributed by atoms with Crippen LogP contribution in [0.4, 0.5) is 0 Å². The molecule has 0 aromatic carbocycles. The summed E-state index contributed by atoms with van der Waals surface area (Å²) in [4.78, 5) is 16.2. The first-order valence-electron chi connectivity index (χ1n) is 8.95. The molecule has 1 aromatic rings. The molecule has 0 unspecified atom stereocenters. The molecule has 1 saturated carbocycles. The van der Waals surface area contributed by atoms with Crippen molar-refractivity contribution in [2.75, 3.05) is 0 Å². The number of ether oxygens (including phenoxy) is 1. The summed E-state index contributed by atoms with van der Waals surface area (Å²) < 4.78 is 5.35. The summed E-state index contributed by atoms with van der Waals surface area (Å²) in [6.07, 6.45) is 3.33. The van der Waals surface area contributed by atoms with E-state index in [4.69, 9.17) is 9.72 Å². The van der Waals surface area contributed by atoms with E-state index in [1.165, 1.54) is 6.92 Å². The lowest BCUT2D eigenvalue weighted by Gasteiger charge is -2.57. The van der Waals surface area contributed by atoms with Gasteiger partial charge in [-0.1, -0.05) is 26.3 Å². The largest absolute Gasteiger partial charge is 0.455 e. The number of thiazole rings is 1. The molecule has 5 atom stereocenters. The highest BCUT2D eigenvalue weighted by Crippen LogP contribution is 2.54. The first kappa shape index (κ1) is 18.5. The summed E-state index contributed by atoms with van der Waals surface area (Å²) in [6.45, 7) is 7.21. The van der Waals surface area contributed by atoms with E-state index < -0.39 is 29.2 Å². The van der Waals surface area contributed by atoms with E-state index >= 15 is 0 Å². The van der Waals surface area contributed by atoms with Crippen molar-refractivity contribution >= 4 is 17.3 Å². The minimum Gasteiger partial charge on any atom is -0.455 e. The Balaban J connectivity index is 2.08. The van der Waals surface area contributed by atoms with Gasteiger partial charge in [0, 0.05) is 23.6 Å². The molecule has 0 saturated heterocycles. The summed E-state index contributed by atoms with van der Waals surface area (Å²) in [5.74, 6) is -0.641. The molecule has 138 valence electrons. The summed E-state index contributed by atoms with van der Waals surface area (Å²) >= 11 is 1.59. The molecule has 0 bridgehead atoms. The maximum atomic E-state index is 11.8. The number of fused-ring (bicyclic) bond motifs is 1. The molecule has 0 radical (unpaired) electrons. The first-order chi connectivity index (χ1) is 11.7. The van der Waals surface area contributed by atoms with Crippen LogP contribution in [0.3, 0.4) is 0 Å². The molecule has 3 rings (SSSR count). The predicted molar refractivity (Wildman–Crippen MR) is 96.5 cm³/mol. The molecule has 1 heterocycles. The number of rotatable bonds is 3. The number of hydrogen-bond acceptors (Lipinski definition) is 6. The van der Waals surface area contributed by atoms with E-state index in [1.54, 1.807) is 11.3 Å². The first-order valence-corrected chi connectivity index (χ1v) is 9.82. The highest BCUT2D eigenvalue weighted by atomic mass is 32.1. The zero-order valence-electron chi connectivity index (χ0n) is 15.3. The summed E-state index contributed by atoms with van der Waals surface area (Å²) in [6, 6.07) is 0. The van der Waals surface area contributed by atoms with Gasteiger partial charge >= 0.3 is 5.97 Å². The van der Waals surface area contributed by atoms with E-state index in [1.807, 2.05) is 25.3 Å². The van der Waals surface area contributed by atoms with Gasteiger partial charge in [-0.3, -0.25) is 4.79 Å². The lowest BCUT2D eigenvalue weighted by molar-refractivity contribution is -0.206. The van der Waals surface area contributed by atoms with Crippen LogP contribution >= 0.6 is 11.3 Å². The molecular formula is C19H27NO4S. The average molecular weight is 365 g/mol. The summed E-state index contributed by atoms with van der Waals surface area (Å²) in [5.41, 5.74) is -0.469. The summed E-state index contributed by atoms with van der Waals surface area (Å²) in [7, 11) is 0. The standard InChI is InChI=1S/C19H27NO4S/c1-5-15-20-14(10-25-15)18(4)8-6-7-13-9-11(2)16(24-12(3)21)17(22)19(13,18)23/h9-10,13,16-17,22-23H,5-8H2,1-4H3/t13-,16+,17-,18+,19-/m0/s1. The van der Waals surface area contributed by atoms with Crippen LogP contribution in [0.25, 0.3) is 0 Å². The highest BCUT2D eigenvalue weighted by Gasteiger charge is 2.63. The highest BCUT2D eigenvalue weighted by molar-refractivity contribution is 7.09. The van der Waals surface area contributed by atoms with Crippen molar-refractivity contribution in [3.05, 3.63) is 27.7 Å². The van der Waals surface area contributed by atoms with Crippen molar-refractivity contribution in [3.63, 3.8) is 0 Å². The maximum absolute atomic E-state index is 11.8. The van der Waals surface area contributed by atoms with E-state index in [0.717, 1.165) is 42.0 Å². The van der Waals surface area contributed by atoms with E-state index in [9.17, 15) is 15.0 Å². The summed E-state index contributed by atoms with van der Waals surface area (Å²) in [5, 5.41) is 25.9. The third-order valence-corrected chi connectivity index (χ3v) is 7.00. The maximum Gasteiger partial charge on any atom is 0.303 e. The fourth-order valence-electron chi connectivity index (χ4n) is 4.55. The average Bonchev–Trinajstić information content (AvgIpc) is 3.04. The molecular weight excluding hydrogens is 338 g/mol. The van der Waals surface area contributed by atoms with Gasteiger partial charge in [0.1, 0.15) is 11.7 Å². The molecule has 2 aliphatic carbocycles. The Labute approximate surface area is 152 Å². The topological polar surface area (TPSA) is 79.7 Å². The van der Waals surface area contributed by atoms with Gasteiger partial charge in [0.15, 0.2) is 6.10 Å². The van der Waals surface area contributed by atoms with Crippen molar-refractivity contribution in [2.45, 2.75) is 76.6 Å². The molecule has 2 N–H and O–H groups in total. The van der Waals surface area contributed by atoms with Crippen molar-refractivity contribution in [1.29, 1.82) is 0 Å². The molecule has 1 aromatic heterocycles. The van der Waals surface area contributed by atoms with Gasteiger partial charge in [-0.2, -0.15) is 0 Å². The van der Waals surface area contributed by atoms with Crippen LogP contribution < -0.4 is 0 Å². The third-order valence-electron chi connectivity index (χ3n) is 6.00. The smallest absolute Gasteiger partial charge is 0.303 e. The van der Waals surface area contributed by atoms with Crippen LogP contribution in [-0.2, 0) is 21.4 Å². The van der Waals surface area contributed by atoms with Gasteiger partial charge in [-0.05, 0) is 31.8 Å². The van der Waals surface area contributed by atoms with Crippen LogP contribution in [0.15, 0.2) is 17.0 Å². The number of carbonyl (C=O) groups is 1. The predicted octanol–water partition coefficient (Wildman–Crippen LogP) is 2.75. The van der Waals surface area contributed by atoms with Gasteiger partial charge in [0.2, 0.25) is 0 Å². The van der Waals surface area contributed by atoms with Crippen LogP contribution in [0, 0.1) is 5.92 Å². The lowest BCUT2D eigenvalue weighted by atomic mass is 9.53. The molecule has 0 aliphatic heterocycles. The molecule has 5 nitrogen and oxygen atoms in total. The number of carbonyl (C=O) groups excluding carboxylic acids is 1. The minimum absolute atomic E-state index is 0.181. The monoisotopic (exact) mass is 365 g/mol. The Kier molecular flexibility index (Phi) is 4.81. The zero-order chi connectivity index (χ0) is 18.4. The number of hydrogen-bond donors (Lipinski definition) is 2. The van der Waals surface area contributed by atoms with Gasteiger partial charge in [-0.25, -0.2) is 4.98 Å². The van der Waals surface area contributed by atoms with Crippen molar-refractivity contribution in [2.24, 2.45) is 5.92 Å². The second-order valence-electron chi connectivity index (χ2n) is 7.52. The van der Waals surface area contributed by atoms with Crippen molar-refractivity contribution in [3.8, 4) is 0 Å². The van der Waals surface area contributed by atoms with E-state index in [-0.39, 0.29) is 5.92 Å². The molecule has 6 heteroatoms. The number of aliphatic hydroxyl groups is 2. The molecule has 0 amide bonds. The number of aryl methyl sites for hydroxylation is 1. The normalized spacial score (nSPS) is 38.0. The van der Waals surface area contributed by atoms with E-state index in [0.29, 0.717) is 0 Å². The van der Waals surface area contributed by atoms with Crippen LogP contribution in [-0.4, -0.2) is 39.0 Å². The Hall–Kier alpha value is -1.24. The number of esters is 1. The van der Waals surface area contributed by atoms with Crippen LogP contribution in [0.2, 0.25) is 0 Å². The van der Waals surface area contributed by atoms with Crippen molar-refractivity contribution < 1.29 is 19.7 Å². The quantitative estimate of drug-likeness (QED) is 0.636. The van der Waals surface area contributed by atoms with Gasteiger partial charge in [-0.15, -0.1) is 11.3 Å². The van der Waals surface area contributed by atoms with Gasteiger partial charge in [0.25, 0.3) is 0 Å². The Morgan fingerprint density at radius 1 is 1.52 bits per heavy atom. The Bertz CT molecular complexity index is 699. The molecule has 1 fully saturated rings. The molecule has 0 spiro atoms. The third kappa shape index (κ3) is 2.75. The second-order valence-corrected chi connectivity index (χ2v) is 8.46. The fourth-order valence-corrected chi connectivity index (χ4v) is 5.43. The SMILES string of the molecule is CCc1nc([C@@]2(C)CCC[C@H]3C=C(C)[C@@H](OC(C)=O)[C@H](O)[C@@]32O)cs1. The second kappa shape index (κ2) is 6.49. The van der Waals surface area contributed by atoms with Crippen LogP contribution in [0.5, 0.6) is 0 Å². The Morgan fingerprint density at radius 2 is 2.24 bits per heavy atom. The lowest BCUT2D eigenvalue weighted by Crippen LogP contribution is -2.68.